The first-order valence-corrected chi connectivity index (χ1v) is 6.77. The number of ether oxygens (including phenoxy) is 1. The minimum atomic E-state index is -1.16. The molecule has 1 N–H and O–H groups in total. The van der Waals surface area contributed by atoms with E-state index in [1.54, 1.807) is 50.2 Å². The number of halogens is 2. The predicted octanol–water partition coefficient (Wildman–Crippen LogP) is 4.28. The van der Waals surface area contributed by atoms with E-state index < -0.39 is 17.3 Å². The van der Waals surface area contributed by atoms with Crippen LogP contribution in [0.3, 0.4) is 0 Å². The Morgan fingerprint density at radius 3 is 2.38 bits per heavy atom. The van der Waals surface area contributed by atoms with Crippen LogP contribution in [-0.2, 0) is 4.79 Å². The fraction of sp³-hybridized carbons (Fsp3) is 0.188. The van der Waals surface area contributed by atoms with Gasteiger partial charge in [-0.05, 0) is 50.2 Å². The second kappa shape index (κ2) is 6.14. The molecule has 0 unspecified atom stereocenters. The van der Waals surface area contributed by atoms with E-state index in [0.717, 1.165) is 0 Å². The maximum Gasteiger partial charge on any atom is 0.268 e. The van der Waals surface area contributed by atoms with Gasteiger partial charge in [0.1, 0.15) is 11.6 Å². The van der Waals surface area contributed by atoms with Gasteiger partial charge in [0.15, 0.2) is 5.60 Å². The van der Waals surface area contributed by atoms with Crippen LogP contribution in [0, 0.1) is 5.82 Å². The molecule has 1 amide bonds. The highest BCUT2D eigenvalue weighted by Gasteiger charge is 2.30. The molecule has 0 saturated heterocycles. The third-order valence-electron chi connectivity index (χ3n) is 2.86. The van der Waals surface area contributed by atoms with Crippen LogP contribution in [0.25, 0.3) is 0 Å². The molecular weight excluding hydrogens is 293 g/mol. The summed E-state index contributed by atoms with van der Waals surface area (Å²) in [5.74, 6) is -0.427. The largest absolute Gasteiger partial charge is 0.478 e. The standard InChI is InChI=1S/C16H15ClFNO2/c1-16(2,21-12-9-7-11(17)8-10-12)15(20)19-14-6-4-3-5-13(14)18/h3-10H,1-2H3,(H,19,20). The van der Waals surface area contributed by atoms with Gasteiger partial charge in [-0.25, -0.2) is 4.39 Å². The molecule has 0 atom stereocenters. The van der Waals surface area contributed by atoms with Crippen molar-refractivity contribution in [2.45, 2.75) is 19.4 Å². The van der Waals surface area contributed by atoms with Crippen molar-refractivity contribution in [3.8, 4) is 5.75 Å². The smallest absolute Gasteiger partial charge is 0.268 e. The first-order valence-electron chi connectivity index (χ1n) is 6.39. The number of anilines is 1. The van der Waals surface area contributed by atoms with Gasteiger partial charge in [-0.2, -0.15) is 0 Å². The summed E-state index contributed by atoms with van der Waals surface area (Å²) in [7, 11) is 0. The molecule has 0 aliphatic carbocycles. The number of hydrogen-bond acceptors (Lipinski definition) is 2. The third kappa shape index (κ3) is 3.95. The van der Waals surface area contributed by atoms with Gasteiger partial charge in [0.2, 0.25) is 0 Å². The molecule has 0 heterocycles. The fourth-order valence-electron chi connectivity index (χ4n) is 1.68. The molecule has 110 valence electrons. The molecule has 0 bridgehead atoms. The Bertz CT molecular complexity index is 641. The summed E-state index contributed by atoms with van der Waals surface area (Å²) in [5.41, 5.74) is -1.04. The molecule has 2 aromatic rings. The fourth-order valence-corrected chi connectivity index (χ4v) is 1.81. The molecule has 2 rings (SSSR count). The highest BCUT2D eigenvalue weighted by molar-refractivity contribution is 6.30. The monoisotopic (exact) mass is 307 g/mol. The molecule has 21 heavy (non-hydrogen) atoms. The van der Waals surface area contributed by atoms with Crippen LogP contribution >= 0.6 is 11.6 Å². The molecule has 0 saturated carbocycles. The summed E-state index contributed by atoms with van der Waals surface area (Å²) < 4.78 is 19.2. The maximum absolute atomic E-state index is 13.5. The van der Waals surface area contributed by atoms with Crippen molar-refractivity contribution >= 4 is 23.2 Å². The Labute approximate surface area is 127 Å². The Morgan fingerprint density at radius 2 is 1.76 bits per heavy atom. The molecule has 0 aliphatic rings. The first kappa shape index (κ1) is 15.3. The van der Waals surface area contributed by atoms with Crippen LogP contribution < -0.4 is 10.1 Å². The van der Waals surface area contributed by atoms with E-state index in [1.165, 1.54) is 12.1 Å². The zero-order valence-electron chi connectivity index (χ0n) is 11.7. The molecule has 2 aromatic carbocycles. The summed E-state index contributed by atoms with van der Waals surface area (Å²) in [6.45, 7) is 3.22. The lowest BCUT2D eigenvalue weighted by atomic mass is 10.1. The number of carbonyl (C=O) groups excluding carboxylic acids is 1. The van der Waals surface area contributed by atoms with E-state index >= 15 is 0 Å². The zero-order valence-corrected chi connectivity index (χ0v) is 12.4. The summed E-state index contributed by atoms with van der Waals surface area (Å²) >= 11 is 5.79. The Balaban J connectivity index is 2.10. The molecule has 0 aromatic heterocycles. The van der Waals surface area contributed by atoms with E-state index in [4.69, 9.17) is 16.3 Å². The van der Waals surface area contributed by atoms with E-state index in [2.05, 4.69) is 5.32 Å². The molecule has 0 aliphatic heterocycles. The first-order chi connectivity index (χ1) is 9.88. The number of carbonyl (C=O) groups is 1. The number of hydrogen-bond donors (Lipinski definition) is 1. The lowest BCUT2D eigenvalue weighted by Gasteiger charge is -2.25. The summed E-state index contributed by atoms with van der Waals surface area (Å²) in [4.78, 5) is 12.2. The average molecular weight is 308 g/mol. The van der Waals surface area contributed by atoms with E-state index in [9.17, 15) is 9.18 Å². The van der Waals surface area contributed by atoms with Gasteiger partial charge in [0, 0.05) is 5.02 Å². The molecule has 0 fully saturated rings. The number of benzene rings is 2. The summed E-state index contributed by atoms with van der Waals surface area (Å²) in [6, 6.07) is 12.6. The van der Waals surface area contributed by atoms with Gasteiger partial charge in [0.05, 0.1) is 5.69 Å². The molecule has 0 radical (unpaired) electrons. The van der Waals surface area contributed by atoms with Crippen LogP contribution in [0.2, 0.25) is 5.02 Å². The Kier molecular flexibility index (Phi) is 4.48. The number of para-hydroxylation sites is 1. The van der Waals surface area contributed by atoms with Gasteiger partial charge in [0.25, 0.3) is 5.91 Å². The highest BCUT2D eigenvalue weighted by Crippen LogP contribution is 2.22. The lowest BCUT2D eigenvalue weighted by molar-refractivity contribution is -0.128. The molecule has 3 nitrogen and oxygen atoms in total. The van der Waals surface area contributed by atoms with Crippen molar-refractivity contribution in [3.05, 3.63) is 59.4 Å². The van der Waals surface area contributed by atoms with Crippen molar-refractivity contribution < 1.29 is 13.9 Å². The summed E-state index contributed by atoms with van der Waals surface area (Å²) in [5, 5.41) is 3.10. The van der Waals surface area contributed by atoms with Gasteiger partial charge < -0.3 is 10.1 Å². The van der Waals surface area contributed by atoms with Crippen LogP contribution in [0.1, 0.15) is 13.8 Å². The Hall–Kier alpha value is -2.07. The minimum Gasteiger partial charge on any atom is -0.478 e. The van der Waals surface area contributed by atoms with Gasteiger partial charge in [-0.15, -0.1) is 0 Å². The number of amides is 1. The normalized spacial score (nSPS) is 11.0. The Morgan fingerprint density at radius 1 is 1.14 bits per heavy atom. The highest BCUT2D eigenvalue weighted by atomic mass is 35.5. The van der Waals surface area contributed by atoms with Crippen LogP contribution in [0.5, 0.6) is 5.75 Å². The topological polar surface area (TPSA) is 38.3 Å². The van der Waals surface area contributed by atoms with Crippen LogP contribution in [0.4, 0.5) is 10.1 Å². The zero-order chi connectivity index (χ0) is 15.5. The van der Waals surface area contributed by atoms with Crippen molar-refractivity contribution in [1.29, 1.82) is 0 Å². The molecule has 0 spiro atoms. The van der Waals surface area contributed by atoms with Crippen molar-refractivity contribution in [2.75, 3.05) is 5.32 Å². The van der Waals surface area contributed by atoms with Crippen molar-refractivity contribution in [3.63, 3.8) is 0 Å². The summed E-state index contributed by atoms with van der Waals surface area (Å²) in [6.07, 6.45) is 0. The number of nitrogens with one attached hydrogen (secondary N) is 1. The minimum absolute atomic E-state index is 0.121. The maximum atomic E-state index is 13.5. The van der Waals surface area contributed by atoms with Gasteiger partial charge >= 0.3 is 0 Å². The van der Waals surface area contributed by atoms with Crippen LogP contribution in [-0.4, -0.2) is 11.5 Å². The van der Waals surface area contributed by atoms with Gasteiger partial charge in [-0.1, -0.05) is 23.7 Å². The van der Waals surface area contributed by atoms with E-state index in [1.807, 2.05) is 0 Å². The second-order valence-electron chi connectivity index (χ2n) is 5.00. The molecular formula is C16H15ClFNO2. The molecule has 5 heteroatoms. The van der Waals surface area contributed by atoms with E-state index in [0.29, 0.717) is 10.8 Å². The van der Waals surface area contributed by atoms with Crippen molar-refractivity contribution in [1.82, 2.24) is 0 Å². The van der Waals surface area contributed by atoms with E-state index in [-0.39, 0.29) is 5.69 Å². The lowest BCUT2D eigenvalue weighted by Crippen LogP contribution is -2.42. The predicted molar refractivity (Wildman–Crippen MR) is 81.2 cm³/mol. The SMILES string of the molecule is CC(C)(Oc1ccc(Cl)cc1)C(=O)Nc1ccccc1F. The second-order valence-corrected chi connectivity index (χ2v) is 5.44. The average Bonchev–Trinajstić information content (AvgIpc) is 2.43. The third-order valence-corrected chi connectivity index (χ3v) is 3.11. The quantitative estimate of drug-likeness (QED) is 0.915. The van der Waals surface area contributed by atoms with Crippen molar-refractivity contribution in [2.24, 2.45) is 0 Å². The van der Waals surface area contributed by atoms with Gasteiger partial charge in [-0.3, -0.25) is 4.79 Å². The van der Waals surface area contributed by atoms with Crippen LogP contribution in [0.15, 0.2) is 48.5 Å². The number of rotatable bonds is 4.